The molecule has 0 aliphatic carbocycles. The van der Waals surface area contributed by atoms with Crippen LogP contribution in [0.25, 0.3) is 0 Å². The summed E-state index contributed by atoms with van der Waals surface area (Å²) in [5, 5.41) is 2.91. The molecule has 1 aromatic carbocycles. The van der Waals surface area contributed by atoms with Gasteiger partial charge in [0.05, 0.1) is 6.10 Å². The Kier molecular flexibility index (Phi) is 7.23. The number of rotatable bonds is 7. The lowest BCUT2D eigenvalue weighted by molar-refractivity contribution is 0.0668. The molecule has 0 aliphatic rings. The third-order valence-corrected chi connectivity index (χ3v) is 3.62. The van der Waals surface area contributed by atoms with E-state index in [0.717, 1.165) is 13.0 Å². The lowest BCUT2D eigenvalue weighted by atomic mass is 10.0. The summed E-state index contributed by atoms with van der Waals surface area (Å²) in [7, 11) is 1.81. The first-order valence-electron chi connectivity index (χ1n) is 7.61. The van der Waals surface area contributed by atoms with Crippen LogP contribution in [0.4, 0.5) is 4.79 Å². The van der Waals surface area contributed by atoms with Gasteiger partial charge in [-0.25, -0.2) is 4.79 Å². The first kappa shape index (κ1) is 17.5. The lowest BCUT2D eigenvalue weighted by Crippen LogP contribution is -2.40. The monoisotopic (exact) mass is 292 g/mol. The Balaban J connectivity index is 2.46. The number of carbonyl (C=O) groups excluding carboxylic acids is 1. The van der Waals surface area contributed by atoms with E-state index in [1.54, 1.807) is 4.90 Å². The molecule has 1 aromatic rings. The second-order valence-corrected chi connectivity index (χ2v) is 5.58. The van der Waals surface area contributed by atoms with Gasteiger partial charge in [0.1, 0.15) is 0 Å². The number of aryl methyl sites for hydroxylation is 1. The van der Waals surface area contributed by atoms with Gasteiger partial charge >= 0.3 is 6.03 Å². The van der Waals surface area contributed by atoms with E-state index in [0.29, 0.717) is 13.1 Å². The number of ether oxygens (including phenoxy) is 1. The van der Waals surface area contributed by atoms with Crippen LogP contribution in [-0.4, -0.2) is 37.2 Å². The number of carbonyl (C=O) groups is 1. The van der Waals surface area contributed by atoms with Crippen LogP contribution >= 0.6 is 0 Å². The molecule has 1 atom stereocenters. The first-order valence-corrected chi connectivity index (χ1v) is 7.61. The summed E-state index contributed by atoms with van der Waals surface area (Å²) < 4.78 is 5.54. The van der Waals surface area contributed by atoms with Crippen molar-refractivity contribution in [2.75, 3.05) is 20.2 Å². The maximum atomic E-state index is 12.1. The van der Waals surface area contributed by atoms with E-state index in [-0.39, 0.29) is 12.1 Å². The molecule has 118 valence electrons. The van der Waals surface area contributed by atoms with Gasteiger partial charge in [-0.2, -0.15) is 0 Å². The number of nitrogens with one attached hydrogen (secondary N) is 1. The van der Waals surface area contributed by atoms with Crippen molar-refractivity contribution in [1.82, 2.24) is 10.2 Å². The average molecular weight is 292 g/mol. The number of amides is 2. The first-order chi connectivity index (χ1) is 9.95. The Bertz CT molecular complexity index is 460. The number of nitrogens with zero attached hydrogens (tertiary/aromatic N) is 1. The summed E-state index contributed by atoms with van der Waals surface area (Å²) in [5.74, 6) is 0. The Hall–Kier alpha value is -1.55. The highest BCUT2D eigenvalue weighted by atomic mass is 16.5. The van der Waals surface area contributed by atoms with Crippen molar-refractivity contribution in [3.8, 4) is 0 Å². The fraction of sp³-hybridized carbons (Fsp3) is 0.588. The molecule has 0 fully saturated rings. The van der Waals surface area contributed by atoms with Crippen LogP contribution in [0.5, 0.6) is 0 Å². The molecule has 1 N–H and O–H groups in total. The second kappa shape index (κ2) is 8.67. The van der Waals surface area contributed by atoms with Crippen LogP contribution in [-0.2, 0) is 11.3 Å². The molecule has 0 radical (unpaired) electrons. The van der Waals surface area contributed by atoms with Crippen LogP contribution in [0.15, 0.2) is 18.2 Å². The maximum absolute atomic E-state index is 12.1. The normalized spacial score (nSPS) is 12.0. The highest BCUT2D eigenvalue weighted by molar-refractivity contribution is 5.73. The fourth-order valence-electron chi connectivity index (χ4n) is 2.05. The second-order valence-electron chi connectivity index (χ2n) is 5.58. The predicted octanol–water partition coefficient (Wildman–Crippen LogP) is 3.26. The van der Waals surface area contributed by atoms with Gasteiger partial charge < -0.3 is 15.0 Å². The van der Waals surface area contributed by atoms with E-state index in [1.807, 2.05) is 20.0 Å². The van der Waals surface area contributed by atoms with Gasteiger partial charge in [0.15, 0.2) is 0 Å². The van der Waals surface area contributed by atoms with Gasteiger partial charge in [0.25, 0.3) is 0 Å². The van der Waals surface area contributed by atoms with Crippen LogP contribution in [0.1, 0.15) is 37.0 Å². The molecule has 1 rings (SSSR count). The van der Waals surface area contributed by atoms with Gasteiger partial charge in [-0.1, -0.05) is 25.1 Å². The molecule has 2 amide bonds. The minimum absolute atomic E-state index is 0.0444. The van der Waals surface area contributed by atoms with Crippen LogP contribution in [0.2, 0.25) is 0 Å². The van der Waals surface area contributed by atoms with Crippen molar-refractivity contribution in [2.45, 2.75) is 46.8 Å². The molecule has 0 unspecified atom stereocenters. The van der Waals surface area contributed by atoms with Crippen molar-refractivity contribution < 1.29 is 9.53 Å². The Labute approximate surface area is 128 Å². The van der Waals surface area contributed by atoms with Gasteiger partial charge in [0, 0.05) is 26.7 Å². The molecule has 0 aromatic heterocycles. The summed E-state index contributed by atoms with van der Waals surface area (Å²) >= 11 is 0. The molecule has 4 heteroatoms. The van der Waals surface area contributed by atoms with Crippen LogP contribution < -0.4 is 5.32 Å². The quantitative estimate of drug-likeness (QED) is 0.838. The molecular formula is C17H28N2O2. The van der Waals surface area contributed by atoms with Crippen molar-refractivity contribution in [3.63, 3.8) is 0 Å². The number of hydrogen-bond donors (Lipinski definition) is 1. The van der Waals surface area contributed by atoms with Gasteiger partial charge in [-0.05, 0) is 43.9 Å². The molecule has 4 nitrogen and oxygen atoms in total. The van der Waals surface area contributed by atoms with E-state index < -0.39 is 0 Å². The minimum atomic E-state index is -0.0668. The van der Waals surface area contributed by atoms with E-state index >= 15 is 0 Å². The van der Waals surface area contributed by atoms with E-state index in [4.69, 9.17) is 4.74 Å². The molecule has 21 heavy (non-hydrogen) atoms. The number of hydrogen-bond acceptors (Lipinski definition) is 2. The van der Waals surface area contributed by atoms with Crippen molar-refractivity contribution in [1.29, 1.82) is 0 Å². The van der Waals surface area contributed by atoms with E-state index in [1.165, 1.54) is 16.7 Å². The fourth-order valence-corrected chi connectivity index (χ4v) is 2.05. The zero-order chi connectivity index (χ0) is 15.8. The number of benzene rings is 1. The smallest absolute Gasteiger partial charge is 0.317 e. The van der Waals surface area contributed by atoms with E-state index in [2.05, 4.69) is 38.2 Å². The van der Waals surface area contributed by atoms with Crippen molar-refractivity contribution in [2.24, 2.45) is 0 Å². The van der Waals surface area contributed by atoms with Gasteiger partial charge in [-0.15, -0.1) is 0 Å². The Morgan fingerprint density at radius 1 is 1.38 bits per heavy atom. The average Bonchev–Trinajstić information content (AvgIpc) is 2.47. The standard InChI is InChI=1S/C17H28N2O2/c1-6-10-21-14(3)11-18-17(20)19(5)12-16-9-7-8-13(2)15(16)4/h7-9,14H,6,10-12H2,1-5H3,(H,18,20)/t14-/m1/s1. The van der Waals surface area contributed by atoms with E-state index in [9.17, 15) is 4.79 Å². The molecular weight excluding hydrogens is 264 g/mol. The zero-order valence-electron chi connectivity index (χ0n) is 13.9. The van der Waals surface area contributed by atoms with Crippen LogP contribution in [0.3, 0.4) is 0 Å². The molecule has 0 saturated carbocycles. The van der Waals surface area contributed by atoms with Gasteiger partial charge in [0.2, 0.25) is 0 Å². The highest BCUT2D eigenvalue weighted by Gasteiger charge is 2.12. The molecule has 0 saturated heterocycles. The lowest BCUT2D eigenvalue weighted by Gasteiger charge is -2.21. The van der Waals surface area contributed by atoms with Crippen molar-refractivity contribution in [3.05, 3.63) is 34.9 Å². The SMILES string of the molecule is CCCO[C@H](C)CNC(=O)N(C)Cc1cccc(C)c1C. The summed E-state index contributed by atoms with van der Waals surface area (Å²) in [6, 6.07) is 6.12. The topological polar surface area (TPSA) is 41.6 Å². The highest BCUT2D eigenvalue weighted by Crippen LogP contribution is 2.14. The molecule has 0 heterocycles. The minimum Gasteiger partial charge on any atom is -0.377 e. The Morgan fingerprint density at radius 3 is 2.76 bits per heavy atom. The number of urea groups is 1. The summed E-state index contributed by atoms with van der Waals surface area (Å²) in [6.07, 6.45) is 1.04. The van der Waals surface area contributed by atoms with Crippen molar-refractivity contribution >= 4 is 6.03 Å². The van der Waals surface area contributed by atoms with Gasteiger partial charge in [-0.3, -0.25) is 0 Å². The summed E-state index contributed by atoms with van der Waals surface area (Å²) in [5.41, 5.74) is 3.68. The predicted molar refractivity (Wildman–Crippen MR) is 86.5 cm³/mol. The third kappa shape index (κ3) is 5.76. The zero-order valence-corrected chi connectivity index (χ0v) is 13.9. The largest absolute Gasteiger partial charge is 0.377 e. The molecule has 0 aliphatic heterocycles. The third-order valence-electron chi connectivity index (χ3n) is 3.62. The summed E-state index contributed by atoms with van der Waals surface area (Å²) in [4.78, 5) is 13.8. The molecule has 0 bridgehead atoms. The van der Waals surface area contributed by atoms with Crippen LogP contribution in [0, 0.1) is 13.8 Å². The summed E-state index contributed by atoms with van der Waals surface area (Å²) in [6.45, 7) is 10.1. The Morgan fingerprint density at radius 2 is 2.10 bits per heavy atom. The maximum Gasteiger partial charge on any atom is 0.317 e. The molecule has 0 spiro atoms.